The van der Waals surface area contributed by atoms with Crippen LogP contribution in [0.3, 0.4) is 0 Å². The smallest absolute Gasteiger partial charge is 0.192 e. The van der Waals surface area contributed by atoms with E-state index < -0.39 is 0 Å². The number of benzene rings is 1. The Kier molecular flexibility index (Phi) is 8.38. The van der Waals surface area contributed by atoms with Gasteiger partial charge < -0.3 is 15.1 Å². The third-order valence-corrected chi connectivity index (χ3v) is 4.22. The van der Waals surface area contributed by atoms with Crippen molar-refractivity contribution in [3.63, 3.8) is 0 Å². The zero-order chi connectivity index (χ0) is 18.2. The van der Waals surface area contributed by atoms with Crippen LogP contribution in [0.25, 0.3) is 0 Å². The minimum atomic E-state index is 0. The largest absolute Gasteiger partial charge is 0.469 e. The van der Waals surface area contributed by atoms with Gasteiger partial charge in [-0.2, -0.15) is 5.10 Å². The standard InChI is InChI=1S/C20H25N5O.HI/c1-16(17-7-4-3-5-8-17)24-20(21-12-11-19-9-6-14-26-19)22-15-18-10-13-23-25(18)2;/h3-10,13-14,16H,11-12,15H2,1-2H3,(H2,21,22,24);1H. The van der Waals surface area contributed by atoms with E-state index in [2.05, 4.69) is 34.8 Å². The van der Waals surface area contributed by atoms with E-state index >= 15 is 0 Å². The van der Waals surface area contributed by atoms with E-state index in [-0.39, 0.29) is 30.0 Å². The summed E-state index contributed by atoms with van der Waals surface area (Å²) < 4.78 is 7.23. The van der Waals surface area contributed by atoms with Crippen LogP contribution in [0.1, 0.15) is 30.0 Å². The van der Waals surface area contributed by atoms with Crippen LogP contribution in [0.2, 0.25) is 0 Å². The highest BCUT2D eigenvalue weighted by Crippen LogP contribution is 2.11. The molecule has 0 saturated carbocycles. The number of nitrogens with one attached hydrogen (secondary N) is 2. The van der Waals surface area contributed by atoms with Crippen molar-refractivity contribution in [3.8, 4) is 0 Å². The lowest BCUT2D eigenvalue weighted by molar-refractivity contribution is 0.506. The Labute approximate surface area is 177 Å². The summed E-state index contributed by atoms with van der Waals surface area (Å²) in [6.45, 7) is 3.43. The fourth-order valence-electron chi connectivity index (χ4n) is 2.66. The van der Waals surface area contributed by atoms with Gasteiger partial charge in [-0.1, -0.05) is 30.3 Å². The maximum absolute atomic E-state index is 5.39. The summed E-state index contributed by atoms with van der Waals surface area (Å²) in [5, 5.41) is 11.1. The van der Waals surface area contributed by atoms with Gasteiger partial charge in [0.25, 0.3) is 0 Å². The third-order valence-electron chi connectivity index (χ3n) is 4.22. The average molecular weight is 479 g/mol. The Morgan fingerprint density at radius 3 is 2.67 bits per heavy atom. The molecule has 0 fully saturated rings. The van der Waals surface area contributed by atoms with E-state index in [0.717, 1.165) is 30.4 Å². The van der Waals surface area contributed by atoms with E-state index in [0.29, 0.717) is 6.54 Å². The Bertz CT molecular complexity index is 814. The molecule has 0 spiro atoms. The first kappa shape index (κ1) is 21.0. The van der Waals surface area contributed by atoms with Crippen LogP contribution >= 0.6 is 24.0 Å². The summed E-state index contributed by atoms with van der Waals surface area (Å²) in [6.07, 6.45) is 4.29. The first-order valence-electron chi connectivity index (χ1n) is 8.81. The van der Waals surface area contributed by atoms with Crippen LogP contribution in [0.4, 0.5) is 0 Å². The van der Waals surface area contributed by atoms with Crippen molar-refractivity contribution in [1.82, 2.24) is 20.4 Å². The Balaban J connectivity index is 0.00000261. The van der Waals surface area contributed by atoms with Crippen molar-refractivity contribution in [2.75, 3.05) is 6.54 Å². The summed E-state index contributed by atoms with van der Waals surface area (Å²) in [5.41, 5.74) is 2.28. The van der Waals surface area contributed by atoms with Crippen LogP contribution in [-0.2, 0) is 20.0 Å². The molecule has 2 aromatic heterocycles. The summed E-state index contributed by atoms with van der Waals surface area (Å²) in [5.74, 6) is 1.73. The fourth-order valence-corrected chi connectivity index (χ4v) is 2.66. The minimum Gasteiger partial charge on any atom is -0.469 e. The number of halogens is 1. The first-order valence-corrected chi connectivity index (χ1v) is 8.81. The number of hydrogen-bond donors (Lipinski definition) is 2. The van der Waals surface area contributed by atoms with Crippen molar-refractivity contribution in [3.05, 3.63) is 78.0 Å². The van der Waals surface area contributed by atoms with Crippen LogP contribution < -0.4 is 10.6 Å². The van der Waals surface area contributed by atoms with E-state index in [1.165, 1.54) is 5.56 Å². The normalized spacial score (nSPS) is 12.3. The van der Waals surface area contributed by atoms with Crippen LogP contribution in [0.15, 0.2) is 70.4 Å². The van der Waals surface area contributed by atoms with Gasteiger partial charge in [-0.3, -0.25) is 4.68 Å². The molecular weight excluding hydrogens is 453 g/mol. The molecule has 2 N–H and O–H groups in total. The molecule has 0 saturated heterocycles. The lowest BCUT2D eigenvalue weighted by Crippen LogP contribution is -2.39. The number of furan rings is 1. The highest BCUT2D eigenvalue weighted by atomic mass is 127. The average Bonchev–Trinajstić information content (AvgIpc) is 3.32. The van der Waals surface area contributed by atoms with Crippen LogP contribution in [-0.4, -0.2) is 22.3 Å². The molecule has 3 rings (SSSR count). The van der Waals surface area contributed by atoms with Gasteiger partial charge in [0.15, 0.2) is 5.96 Å². The van der Waals surface area contributed by atoms with Gasteiger partial charge in [0.05, 0.1) is 24.5 Å². The Hall–Kier alpha value is -2.29. The van der Waals surface area contributed by atoms with Crippen molar-refractivity contribution < 1.29 is 4.42 Å². The highest BCUT2D eigenvalue weighted by molar-refractivity contribution is 14.0. The number of aryl methyl sites for hydroxylation is 1. The molecule has 0 aliphatic heterocycles. The van der Waals surface area contributed by atoms with Crippen molar-refractivity contribution in [2.45, 2.75) is 25.9 Å². The fraction of sp³-hybridized carbons (Fsp3) is 0.300. The number of aliphatic imine (C=N–C) groups is 1. The van der Waals surface area contributed by atoms with Gasteiger partial charge in [0, 0.05) is 26.2 Å². The number of rotatable bonds is 7. The van der Waals surface area contributed by atoms with Crippen molar-refractivity contribution >= 4 is 29.9 Å². The lowest BCUT2D eigenvalue weighted by Gasteiger charge is -2.18. The maximum Gasteiger partial charge on any atom is 0.192 e. The second kappa shape index (κ2) is 10.8. The molecule has 0 aliphatic carbocycles. The van der Waals surface area contributed by atoms with Gasteiger partial charge in [-0.05, 0) is 30.7 Å². The zero-order valence-corrected chi connectivity index (χ0v) is 18.0. The van der Waals surface area contributed by atoms with Crippen molar-refractivity contribution in [1.29, 1.82) is 0 Å². The number of nitrogens with zero attached hydrogens (tertiary/aromatic N) is 3. The van der Waals surface area contributed by atoms with Crippen molar-refractivity contribution in [2.24, 2.45) is 12.0 Å². The molecule has 2 heterocycles. The van der Waals surface area contributed by atoms with Crippen LogP contribution in [0.5, 0.6) is 0 Å². The van der Waals surface area contributed by atoms with Gasteiger partial charge in [-0.25, -0.2) is 4.99 Å². The maximum atomic E-state index is 5.39. The summed E-state index contributed by atoms with van der Waals surface area (Å²) in [6, 6.07) is 16.3. The molecule has 27 heavy (non-hydrogen) atoms. The molecule has 0 bridgehead atoms. The second-order valence-corrected chi connectivity index (χ2v) is 6.14. The van der Waals surface area contributed by atoms with Gasteiger partial charge in [0.2, 0.25) is 0 Å². The molecule has 0 aliphatic rings. The first-order chi connectivity index (χ1) is 12.7. The van der Waals surface area contributed by atoms with Crippen LogP contribution in [0, 0.1) is 0 Å². The third kappa shape index (κ3) is 6.42. The van der Waals surface area contributed by atoms with Gasteiger partial charge >= 0.3 is 0 Å². The quantitative estimate of drug-likeness (QED) is 0.308. The minimum absolute atomic E-state index is 0. The number of aromatic nitrogens is 2. The highest BCUT2D eigenvalue weighted by Gasteiger charge is 2.08. The molecule has 1 atom stereocenters. The molecule has 144 valence electrons. The van der Waals surface area contributed by atoms with E-state index in [1.54, 1.807) is 12.5 Å². The van der Waals surface area contributed by atoms with E-state index in [9.17, 15) is 0 Å². The summed E-state index contributed by atoms with van der Waals surface area (Å²) in [7, 11) is 1.93. The molecule has 0 amide bonds. The molecular formula is C20H26IN5O. The monoisotopic (exact) mass is 479 g/mol. The number of hydrogen-bond acceptors (Lipinski definition) is 3. The lowest BCUT2D eigenvalue weighted by atomic mass is 10.1. The van der Waals surface area contributed by atoms with Gasteiger partial charge in [-0.15, -0.1) is 24.0 Å². The molecule has 7 heteroatoms. The summed E-state index contributed by atoms with van der Waals surface area (Å²) >= 11 is 0. The molecule has 0 radical (unpaired) electrons. The molecule has 3 aromatic rings. The Morgan fingerprint density at radius 2 is 2.00 bits per heavy atom. The number of guanidine groups is 1. The second-order valence-electron chi connectivity index (χ2n) is 6.14. The van der Waals surface area contributed by atoms with E-state index in [4.69, 9.17) is 9.41 Å². The van der Waals surface area contributed by atoms with E-state index in [1.807, 2.05) is 48.1 Å². The SMILES string of the molecule is CC(NC(=NCc1ccnn1C)NCCc1ccco1)c1ccccc1.I. The molecule has 1 unspecified atom stereocenters. The predicted molar refractivity (Wildman–Crippen MR) is 118 cm³/mol. The molecule has 6 nitrogen and oxygen atoms in total. The zero-order valence-electron chi connectivity index (χ0n) is 15.6. The topological polar surface area (TPSA) is 67.4 Å². The predicted octanol–water partition coefficient (Wildman–Crippen LogP) is 3.67. The van der Waals surface area contributed by atoms with Gasteiger partial charge in [0.1, 0.15) is 5.76 Å². The summed E-state index contributed by atoms with van der Waals surface area (Å²) in [4.78, 5) is 4.71. The molecule has 1 aromatic carbocycles. The Morgan fingerprint density at radius 1 is 1.19 bits per heavy atom.